The van der Waals surface area contributed by atoms with Crippen LogP contribution in [0.5, 0.6) is 11.5 Å². The molecule has 0 unspecified atom stereocenters. The summed E-state index contributed by atoms with van der Waals surface area (Å²) in [4.78, 5) is 25.4. The second kappa shape index (κ2) is 11.3. The number of nitrogens with zero attached hydrogens (tertiary/aromatic N) is 3. The molecule has 0 fully saturated rings. The van der Waals surface area contributed by atoms with Crippen LogP contribution in [0.25, 0.3) is 22.2 Å². The van der Waals surface area contributed by atoms with Gasteiger partial charge in [0.05, 0.1) is 36.6 Å². The standard InChI is InChI=1S/C23H24Cl2N4O4/c1-5-14(30)6-7-18-27-12-13-10-15(28-23(22(13)29-18)26-8-9-31-2)19-20(24)16(32-3)11-17(33-4)21(19)25/h5,10-12H,1,6-9H2,2-4H3,(H,26,28). The topological polar surface area (TPSA) is 95.5 Å². The Labute approximate surface area is 201 Å². The molecule has 2 aromatic heterocycles. The molecule has 0 aliphatic rings. The summed E-state index contributed by atoms with van der Waals surface area (Å²) in [5.41, 5.74) is 1.56. The van der Waals surface area contributed by atoms with Crippen molar-refractivity contribution >= 4 is 45.7 Å². The molecule has 0 amide bonds. The smallest absolute Gasteiger partial charge is 0.155 e. The van der Waals surface area contributed by atoms with Crippen LogP contribution in [0.2, 0.25) is 10.0 Å². The van der Waals surface area contributed by atoms with Crippen molar-refractivity contribution < 1.29 is 19.0 Å². The lowest BCUT2D eigenvalue weighted by atomic mass is 10.1. The Morgan fingerprint density at radius 2 is 1.82 bits per heavy atom. The van der Waals surface area contributed by atoms with Crippen LogP contribution in [0, 0.1) is 0 Å². The van der Waals surface area contributed by atoms with Crippen LogP contribution >= 0.6 is 23.2 Å². The lowest BCUT2D eigenvalue weighted by molar-refractivity contribution is -0.114. The first-order valence-electron chi connectivity index (χ1n) is 10.1. The average molecular weight is 491 g/mol. The van der Waals surface area contributed by atoms with Gasteiger partial charge in [-0.25, -0.2) is 15.0 Å². The minimum Gasteiger partial charge on any atom is -0.495 e. The molecule has 8 nitrogen and oxygen atoms in total. The van der Waals surface area contributed by atoms with E-state index in [0.717, 1.165) is 0 Å². The van der Waals surface area contributed by atoms with E-state index < -0.39 is 0 Å². The molecular weight excluding hydrogens is 467 g/mol. The number of carbonyl (C=O) groups excluding carboxylic acids is 1. The van der Waals surface area contributed by atoms with Gasteiger partial charge in [-0.2, -0.15) is 0 Å². The summed E-state index contributed by atoms with van der Waals surface area (Å²) in [6, 6.07) is 3.41. The number of nitrogens with one attached hydrogen (secondary N) is 1. The fraction of sp³-hybridized carbons (Fsp3) is 0.304. The highest BCUT2D eigenvalue weighted by Gasteiger charge is 2.21. The van der Waals surface area contributed by atoms with Crippen molar-refractivity contribution in [2.75, 3.05) is 39.8 Å². The molecule has 174 valence electrons. The molecule has 1 aromatic carbocycles. The summed E-state index contributed by atoms with van der Waals surface area (Å²) in [6.45, 7) is 4.46. The largest absolute Gasteiger partial charge is 0.495 e. The van der Waals surface area contributed by atoms with Crippen molar-refractivity contribution in [1.82, 2.24) is 15.0 Å². The first-order chi connectivity index (χ1) is 15.9. The second-order valence-electron chi connectivity index (χ2n) is 6.95. The van der Waals surface area contributed by atoms with Gasteiger partial charge in [0.25, 0.3) is 0 Å². The first kappa shape index (κ1) is 24.7. The normalized spacial score (nSPS) is 10.8. The predicted octanol–water partition coefficient (Wildman–Crippen LogP) is 4.76. The zero-order valence-corrected chi connectivity index (χ0v) is 20.1. The van der Waals surface area contributed by atoms with Crippen molar-refractivity contribution in [2.24, 2.45) is 0 Å². The van der Waals surface area contributed by atoms with Crippen LogP contribution in [-0.4, -0.2) is 55.2 Å². The number of halogens is 2. The molecule has 0 radical (unpaired) electrons. The molecule has 0 saturated heterocycles. The third-order valence-corrected chi connectivity index (χ3v) is 5.62. The number of carbonyl (C=O) groups is 1. The number of pyridine rings is 1. The molecular formula is C23H24Cl2N4O4. The number of ether oxygens (including phenoxy) is 3. The van der Waals surface area contributed by atoms with E-state index >= 15 is 0 Å². The minimum atomic E-state index is -0.0677. The van der Waals surface area contributed by atoms with Gasteiger partial charge in [0.2, 0.25) is 0 Å². The van der Waals surface area contributed by atoms with Crippen LogP contribution < -0.4 is 14.8 Å². The molecule has 0 aliphatic heterocycles. The summed E-state index contributed by atoms with van der Waals surface area (Å²) in [5.74, 6) is 1.78. The number of hydrogen-bond acceptors (Lipinski definition) is 8. The van der Waals surface area contributed by atoms with Crippen molar-refractivity contribution in [3.05, 3.63) is 46.9 Å². The molecule has 3 rings (SSSR count). The fourth-order valence-corrected chi connectivity index (χ4v) is 3.86. The number of ketones is 1. The van der Waals surface area contributed by atoms with E-state index in [1.807, 2.05) is 0 Å². The Balaban J connectivity index is 2.16. The van der Waals surface area contributed by atoms with Crippen LogP contribution in [0.4, 0.5) is 5.82 Å². The highest BCUT2D eigenvalue weighted by Crippen LogP contribution is 2.46. The highest BCUT2D eigenvalue weighted by atomic mass is 35.5. The maximum Gasteiger partial charge on any atom is 0.155 e. The van der Waals surface area contributed by atoms with E-state index in [2.05, 4.69) is 21.9 Å². The van der Waals surface area contributed by atoms with E-state index in [0.29, 0.717) is 74.9 Å². The zero-order valence-electron chi connectivity index (χ0n) is 18.6. The molecule has 0 atom stereocenters. The molecule has 10 heteroatoms. The Hall–Kier alpha value is -2.94. The monoisotopic (exact) mass is 490 g/mol. The van der Waals surface area contributed by atoms with Gasteiger partial charge in [-0.3, -0.25) is 4.79 Å². The van der Waals surface area contributed by atoms with Gasteiger partial charge in [0.1, 0.15) is 22.8 Å². The molecule has 0 spiro atoms. The second-order valence-corrected chi connectivity index (χ2v) is 7.71. The molecule has 33 heavy (non-hydrogen) atoms. The summed E-state index contributed by atoms with van der Waals surface area (Å²) >= 11 is 13.2. The van der Waals surface area contributed by atoms with Crippen LogP contribution in [0.1, 0.15) is 12.2 Å². The maximum atomic E-state index is 11.6. The van der Waals surface area contributed by atoms with E-state index in [4.69, 9.17) is 42.4 Å². The number of allylic oxidation sites excluding steroid dienone is 1. The van der Waals surface area contributed by atoms with Gasteiger partial charge in [0.15, 0.2) is 11.6 Å². The third kappa shape index (κ3) is 5.52. The van der Waals surface area contributed by atoms with E-state index in [9.17, 15) is 4.79 Å². The van der Waals surface area contributed by atoms with Gasteiger partial charge < -0.3 is 19.5 Å². The zero-order chi connectivity index (χ0) is 24.0. The van der Waals surface area contributed by atoms with Crippen LogP contribution in [0.15, 0.2) is 31.0 Å². The molecule has 3 aromatic rings. The van der Waals surface area contributed by atoms with Gasteiger partial charge in [-0.1, -0.05) is 29.8 Å². The number of aromatic nitrogens is 3. The van der Waals surface area contributed by atoms with Gasteiger partial charge >= 0.3 is 0 Å². The van der Waals surface area contributed by atoms with Crippen molar-refractivity contribution in [2.45, 2.75) is 12.8 Å². The lowest BCUT2D eigenvalue weighted by Crippen LogP contribution is -2.11. The number of anilines is 1. The average Bonchev–Trinajstić information content (AvgIpc) is 2.83. The lowest BCUT2D eigenvalue weighted by Gasteiger charge is -2.16. The molecule has 2 heterocycles. The minimum absolute atomic E-state index is 0.0677. The molecule has 0 saturated carbocycles. The van der Waals surface area contributed by atoms with E-state index in [1.165, 1.54) is 20.3 Å². The number of fused-ring (bicyclic) bond motifs is 1. The Kier molecular flexibility index (Phi) is 8.43. The fourth-order valence-electron chi connectivity index (χ4n) is 3.17. The molecule has 1 N–H and O–H groups in total. The van der Waals surface area contributed by atoms with Crippen LogP contribution in [-0.2, 0) is 16.0 Å². The summed E-state index contributed by atoms with van der Waals surface area (Å²) in [7, 11) is 4.63. The SMILES string of the molecule is C=CC(=O)CCc1ncc2cc(-c3c(Cl)c(OC)cc(OC)c3Cl)nc(NCCOC)c2n1. The van der Waals surface area contributed by atoms with Crippen LogP contribution in [0.3, 0.4) is 0 Å². The highest BCUT2D eigenvalue weighted by molar-refractivity contribution is 6.41. The predicted molar refractivity (Wildman–Crippen MR) is 130 cm³/mol. The summed E-state index contributed by atoms with van der Waals surface area (Å²) in [6.07, 6.45) is 3.65. The Bertz CT molecular complexity index is 1160. The Morgan fingerprint density at radius 3 is 2.42 bits per heavy atom. The maximum absolute atomic E-state index is 11.6. The number of methoxy groups -OCH3 is 3. The van der Waals surface area contributed by atoms with Crippen molar-refractivity contribution in [1.29, 1.82) is 0 Å². The number of hydrogen-bond donors (Lipinski definition) is 1. The summed E-state index contributed by atoms with van der Waals surface area (Å²) < 4.78 is 15.9. The molecule has 0 aliphatic carbocycles. The number of rotatable bonds is 11. The molecule has 0 bridgehead atoms. The Morgan fingerprint density at radius 1 is 1.12 bits per heavy atom. The summed E-state index contributed by atoms with van der Waals surface area (Å²) in [5, 5.41) is 4.56. The third-order valence-electron chi connectivity index (χ3n) is 4.87. The van der Waals surface area contributed by atoms with E-state index in [1.54, 1.807) is 25.4 Å². The van der Waals surface area contributed by atoms with Crippen molar-refractivity contribution in [3.63, 3.8) is 0 Å². The van der Waals surface area contributed by atoms with Gasteiger partial charge in [-0.15, -0.1) is 0 Å². The van der Waals surface area contributed by atoms with E-state index in [-0.39, 0.29) is 12.2 Å². The number of benzene rings is 1. The van der Waals surface area contributed by atoms with Gasteiger partial charge in [0, 0.05) is 49.7 Å². The quantitative estimate of drug-likeness (QED) is 0.303. The van der Waals surface area contributed by atoms with Crippen molar-refractivity contribution in [3.8, 4) is 22.8 Å². The first-order valence-corrected chi connectivity index (χ1v) is 10.8. The number of aryl methyl sites for hydroxylation is 1. The van der Waals surface area contributed by atoms with Gasteiger partial charge in [-0.05, 0) is 12.1 Å².